The van der Waals surface area contributed by atoms with E-state index in [-0.39, 0.29) is 18.6 Å². The van der Waals surface area contributed by atoms with Crippen molar-refractivity contribution in [3.05, 3.63) is 23.8 Å². The zero-order valence-electron chi connectivity index (χ0n) is 20.2. The highest BCUT2D eigenvalue weighted by atomic mass is 16.6. The van der Waals surface area contributed by atoms with Gasteiger partial charge in [-0.1, -0.05) is 19.9 Å². The molecular formula is C24H41NO6. The van der Waals surface area contributed by atoms with Gasteiger partial charge in [0.2, 0.25) is 0 Å². The topological polar surface area (TPSA) is 86.2 Å². The van der Waals surface area contributed by atoms with E-state index in [0.717, 1.165) is 18.4 Å². The minimum Gasteiger partial charge on any atom is -0.493 e. The summed E-state index contributed by atoms with van der Waals surface area (Å²) in [6, 6.07) is 5.59. The van der Waals surface area contributed by atoms with Crippen molar-refractivity contribution in [2.75, 3.05) is 34.0 Å². The van der Waals surface area contributed by atoms with Crippen LogP contribution >= 0.6 is 0 Å². The van der Waals surface area contributed by atoms with Crippen molar-refractivity contribution in [3.63, 3.8) is 0 Å². The minimum atomic E-state index is -0.579. The number of aliphatic hydroxyl groups is 1. The average Bonchev–Trinajstić information content (AvgIpc) is 2.68. The molecule has 2 N–H and O–H groups in total. The molecule has 0 spiro atoms. The van der Waals surface area contributed by atoms with Crippen LogP contribution in [0, 0.1) is 11.8 Å². The molecule has 0 heterocycles. The van der Waals surface area contributed by atoms with Gasteiger partial charge >= 0.3 is 6.09 Å². The third kappa shape index (κ3) is 10.7. The predicted molar refractivity (Wildman–Crippen MR) is 122 cm³/mol. The maximum absolute atomic E-state index is 12.1. The van der Waals surface area contributed by atoms with E-state index >= 15 is 0 Å². The van der Waals surface area contributed by atoms with E-state index in [2.05, 4.69) is 19.2 Å². The number of alkyl carbamates (subject to hydrolysis) is 1. The summed E-state index contributed by atoms with van der Waals surface area (Å²) in [5, 5.41) is 12.6. The lowest BCUT2D eigenvalue weighted by Gasteiger charge is -2.27. The summed E-state index contributed by atoms with van der Waals surface area (Å²) in [5.41, 5.74) is 0.541. The van der Waals surface area contributed by atoms with Gasteiger partial charge in [-0.15, -0.1) is 0 Å². The fraction of sp³-hybridized carbons (Fsp3) is 0.708. The molecule has 1 amide bonds. The summed E-state index contributed by atoms with van der Waals surface area (Å²) in [6.45, 7) is 10.8. The first-order valence-electron chi connectivity index (χ1n) is 11.0. The van der Waals surface area contributed by atoms with E-state index in [0.29, 0.717) is 37.1 Å². The molecule has 0 aliphatic heterocycles. The Morgan fingerprint density at radius 1 is 1.13 bits per heavy atom. The van der Waals surface area contributed by atoms with E-state index in [1.54, 1.807) is 14.2 Å². The molecule has 1 aromatic carbocycles. The second-order valence-corrected chi connectivity index (χ2v) is 9.15. The van der Waals surface area contributed by atoms with Crippen LogP contribution in [0.15, 0.2) is 18.2 Å². The Balaban J connectivity index is 2.83. The van der Waals surface area contributed by atoms with Crippen LogP contribution in [-0.2, 0) is 15.9 Å². The Hall–Kier alpha value is -1.99. The van der Waals surface area contributed by atoms with Gasteiger partial charge in [-0.25, -0.2) is 4.79 Å². The summed E-state index contributed by atoms with van der Waals surface area (Å²) in [6.07, 6.45) is 1.73. The largest absolute Gasteiger partial charge is 0.493 e. The van der Waals surface area contributed by atoms with Crippen molar-refractivity contribution in [2.24, 2.45) is 11.8 Å². The molecule has 0 fully saturated rings. The van der Waals surface area contributed by atoms with Crippen LogP contribution in [-0.4, -0.2) is 56.9 Å². The summed E-state index contributed by atoms with van der Waals surface area (Å²) in [5.74, 6) is 2.02. The fourth-order valence-corrected chi connectivity index (χ4v) is 3.26. The van der Waals surface area contributed by atoms with Gasteiger partial charge in [0.1, 0.15) is 5.60 Å². The van der Waals surface area contributed by atoms with Gasteiger partial charge < -0.3 is 29.4 Å². The van der Waals surface area contributed by atoms with Gasteiger partial charge in [0.05, 0.1) is 26.4 Å². The number of carbonyl (C=O) groups excluding carboxylic acids is 1. The SMILES string of the molecule is COCCCOc1cc(C[C@@H](C[C@@H](CO)NC(=O)OC(C)(C)C)C(C)C)ccc1OC. The van der Waals surface area contributed by atoms with Crippen LogP contribution in [0.25, 0.3) is 0 Å². The number of benzene rings is 1. The van der Waals surface area contributed by atoms with Gasteiger partial charge in [0, 0.05) is 20.1 Å². The quantitative estimate of drug-likeness (QED) is 0.448. The summed E-state index contributed by atoms with van der Waals surface area (Å²) in [4.78, 5) is 12.1. The van der Waals surface area contributed by atoms with Gasteiger partial charge in [-0.2, -0.15) is 0 Å². The second-order valence-electron chi connectivity index (χ2n) is 9.15. The van der Waals surface area contributed by atoms with Crippen LogP contribution in [0.4, 0.5) is 4.79 Å². The second kappa shape index (κ2) is 13.4. The molecule has 1 aromatic rings. The Morgan fingerprint density at radius 2 is 1.84 bits per heavy atom. The number of methoxy groups -OCH3 is 2. The molecule has 178 valence electrons. The van der Waals surface area contributed by atoms with Crippen molar-refractivity contribution in [3.8, 4) is 11.5 Å². The van der Waals surface area contributed by atoms with Crippen LogP contribution in [0.3, 0.4) is 0 Å². The Morgan fingerprint density at radius 3 is 2.39 bits per heavy atom. The first-order valence-corrected chi connectivity index (χ1v) is 11.0. The Kier molecular flexibility index (Phi) is 11.7. The molecule has 7 nitrogen and oxygen atoms in total. The first kappa shape index (κ1) is 27.0. The molecular weight excluding hydrogens is 398 g/mol. The zero-order chi connectivity index (χ0) is 23.4. The van der Waals surface area contributed by atoms with E-state index < -0.39 is 11.7 Å². The lowest BCUT2D eigenvalue weighted by molar-refractivity contribution is 0.0468. The van der Waals surface area contributed by atoms with Gasteiger partial charge in [0.25, 0.3) is 0 Å². The lowest BCUT2D eigenvalue weighted by Crippen LogP contribution is -2.42. The molecule has 0 aliphatic carbocycles. The molecule has 0 radical (unpaired) electrons. The molecule has 0 aliphatic rings. The van der Waals surface area contributed by atoms with Crippen LogP contribution in [0.1, 0.15) is 53.0 Å². The smallest absolute Gasteiger partial charge is 0.407 e. The van der Waals surface area contributed by atoms with Crippen LogP contribution in [0.2, 0.25) is 0 Å². The standard InChI is InChI=1S/C24H41NO6/c1-17(2)19(15-20(16-26)25-23(27)31-24(3,4)5)13-18-9-10-21(29-7)22(14-18)30-12-8-11-28-6/h9-10,14,17,19-20,26H,8,11-13,15-16H2,1-7H3,(H,25,27)/t19-,20-/m0/s1. The Labute approximate surface area is 187 Å². The fourth-order valence-electron chi connectivity index (χ4n) is 3.26. The van der Waals surface area contributed by atoms with Gasteiger partial charge in [0.15, 0.2) is 11.5 Å². The van der Waals surface area contributed by atoms with Crippen LogP contribution in [0.5, 0.6) is 11.5 Å². The number of hydrogen-bond acceptors (Lipinski definition) is 6. The third-order valence-corrected chi connectivity index (χ3v) is 4.95. The average molecular weight is 440 g/mol. The normalized spacial score (nSPS) is 13.6. The lowest BCUT2D eigenvalue weighted by atomic mass is 9.84. The number of ether oxygens (including phenoxy) is 4. The van der Waals surface area contributed by atoms with Crippen LogP contribution < -0.4 is 14.8 Å². The molecule has 0 unspecified atom stereocenters. The van der Waals surface area contributed by atoms with E-state index in [1.165, 1.54) is 0 Å². The minimum absolute atomic E-state index is 0.140. The van der Waals surface area contributed by atoms with Crippen molar-refractivity contribution in [1.29, 1.82) is 0 Å². The Bertz CT molecular complexity index is 656. The molecule has 1 rings (SSSR count). The number of hydrogen-bond donors (Lipinski definition) is 2. The van der Waals surface area contributed by atoms with Gasteiger partial charge in [-0.3, -0.25) is 0 Å². The van der Waals surface area contributed by atoms with E-state index in [4.69, 9.17) is 18.9 Å². The number of nitrogens with one attached hydrogen (secondary N) is 1. The molecule has 2 atom stereocenters. The molecule has 0 saturated heterocycles. The monoisotopic (exact) mass is 439 g/mol. The third-order valence-electron chi connectivity index (χ3n) is 4.95. The highest BCUT2D eigenvalue weighted by molar-refractivity contribution is 5.68. The molecule has 0 aromatic heterocycles. The first-order chi connectivity index (χ1) is 14.6. The van der Waals surface area contributed by atoms with Crippen molar-refractivity contribution < 1.29 is 28.8 Å². The predicted octanol–water partition coefficient (Wildman–Crippen LogP) is 4.20. The van der Waals surface area contributed by atoms with Crippen molar-refractivity contribution in [1.82, 2.24) is 5.32 Å². The number of rotatable bonds is 13. The molecule has 7 heteroatoms. The van der Waals surface area contributed by atoms with Gasteiger partial charge in [-0.05, 0) is 63.1 Å². The highest BCUT2D eigenvalue weighted by Crippen LogP contribution is 2.31. The molecule has 0 bridgehead atoms. The van der Waals surface area contributed by atoms with E-state index in [1.807, 2.05) is 39.0 Å². The maximum Gasteiger partial charge on any atom is 0.407 e. The van der Waals surface area contributed by atoms with Crippen molar-refractivity contribution in [2.45, 2.75) is 65.5 Å². The number of aliphatic hydroxyl groups excluding tert-OH is 1. The maximum atomic E-state index is 12.1. The summed E-state index contributed by atoms with van der Waals surface area (Å²) >= 11 is 0. The summed E-state index contributed by atoms with van der Waals surface area (Å²) < 4.78 is 21.7. The molecule has 0 saturated carbocycles. The van der Waals surface area contributed by atoms with E-state index in [9.17, 15) is 9.90 Å². The summed E-state index contributed by atoms with van der Waals surface area (Å²) in [7, 11) is 3.30. The molecule has 31 heavy (non-hydrogen) atoms. The zero-order valence-corrected chi connectivity index (χ0v) is 20.2. The van der Waals surface area contributed by atoms with Crippen molar-refractivity contribution >= 4 is 6.09 Å². The number of carbonyl (C=O) groups is 1. The highest BCUT2D eigenvalue weighted by Gasteiger charge is 2.24. The number of amides is 1.